The molecule has 0 aliphatic heterocycles. The van der Waals surface area contributed by atoms with Crippen LogP contribution in [0, 0.1) is 0 Å². The first kappa shape index (κ1) is 17.0. The molecule has 124 valence electrons. The summed E-state index contributed by atoms with van der Waals surface area (Å²) in [6.07, 6.45) is 0.601. The highest BCUT2D eigenvalue weighted by molar-refractivity contribution is 5.73. The summed E-state index contributed by atoms with van der Waals surface area (Å²) in [4.78, 5) is 13.4. The van der Waals surface area contributed by atoms with E-state index in [9.17, 15) is 9.90 Å². The molecule has 1 aromatic carbocycles. The van der Waals surface area contributed by atoms with Crippen LogP contribution in [0.2, 0.25) is 0 Å². The highest BCUT2D eigenvalue weighted by Gasteiger charge is 2.11. The fourth-order valence-corrected chi connectivity index (χ4v) is 1.95. The van der Waals surface area contributed by atoms with Crippen molar-refractivity contribution in [2.45, 2.75) is 25.9 Å². The topological polar surface area (TPSA) is 91.5 Å². The zero-order valence-corrected chi connectivity index (χ0v) is 13.4. The number of carbonyl (C=O) groups is 1. The maximum atomic E-state index is 11.8. The molecular weight excluding hydrogens is 296 g/mol. The molecule has 0 bridgehead atoms. The Labute approximate surface area is 135 Å². The average molecular weight is 318 g/mol. The molecule has 2 amide bonds. The minimum atomic E-state index is -0.417. The van der Waals surface area contributed by atoms with Gasteiger partial charge in [0.25, 0.3) is 0 Å². The van der Waals surface area contributed by atoms with Gasteiger partial charge < -0.3 is 19.7 Å². The molecule has 1 atom stereocenters. The molecule has 2 aromatic rings. The molecule has 2 rings (SSSR count). The third-order valence-electron chi connectivity index (χ3n) is 3.33. The Morgan fingerprint density at radius 3 is 2.78 bits per heavy atom. The molecule has 7 heteroatoms. The molecule has 0 aliphatic rings. The van der Waals surface area contributed by atoms with E-state index in [0.717, 1.165) is 5.56 Å². The van der Waals surface area contributed by atoms with E-state index in [0.29, 0.717) is 37.7 Å². The van der Waals surface area contributed by atoms with Crippen LogP contribution in [0.25, 0.3) is 11.5 Å². The molecular formula is C16H22N4O3. The van der Waals surface area contributed by atoms with E-state index in [1.54, 1.807) is 14.0 Å². The number of carbonyl (C=O) groups excluding carboxylic acids is 1. The molecule has 0 saturated heterocycles. The van der Waals surface area contributed by atoms with E-state index >= 15 is 0 Å². The standard InChI is InChI=1S/C16H22N4O3/c1-12(21)9-11-20(2)16(22)17-10-8-14-18-19-15(23-14)13-6-4-3-5-7-13/h3-7,12,21H,8-11H2,1-2H3,(H,17,22). The first-order valence-corrected chi connectivity index (χ1v) is 7.61. The Morgan fingerprint density at radius 1 is 1.35 bits per heavy atom. The van der Waals surface area contributed by atoms with E-state index in [-0.39, 0.29) is 6.03 Å². The van der Waals surface area contributed by atoms with Crippen molar-refractivity contribution < 1.29 is 14.3 Å². The molecule has 0 fully saturated rings. The summed E-state index contributed by atoms with van der Waals surface area (Å²) in [5.74, 6) is 0.955. The summed E-state index contributed by atoms with van der Waals surface area (Å²) in [6.45, 7) is 2.61. The van der Waals surface area contributed by atoms with E-state index in [4.69, 9.17) is 4.42 Å². The summed E-state index contributed by atoms with van der Waals surface area (Å²) in [6, 6.07) is 9.34. The van der Waals surface area contributed by atoms with Gasteiger partial charge in [0.1, 0.15) is 0 Å². The number of aliphatic hydroxyl groups is 1. The first-order chi connectivity index (χ1) is 11.1. The molecule has 1 aromatic heterocycles. The number of hydrogen-bond donors (Lipinski definition) is 2. The lowest BCUT2D eigenvalue weighted by Crippen LogP contribution is -2.39. The maximum absolute atomic E-state index is 11.8. The van der Waals surface area contributed by atoms with E-state index in [2.05, 4.69) is 15.5 Å². The molecule has 0 aliphatic carbocycles. The highest BCUT2D eigenvalue weighted by Crippen LogP contribution is 2.16. The molecule has 1 heterocycles. The van der Waals surface area contributed by atoms with Crippen LogP contribution in [0.15, 0.2) is 34.7 Å². The number of aliphatic hydroxyl groups excluding tert-OH is 1. The quantitative estimate of drug-likeness (QED) is 0.810. The predicted molar refractivity (Wildman–Crippen MR) is 85.8 cm³/mol. The number of urea groups is 1. The van der Waals surface area contributed by atoms with Crippen LogP contribution in [0.4, 0.5) is 4.79 Å². The van der Waals surface area contributed by atoms with Crippen molar-refractivity contribution in [1.29, 1.82) is 0 Å². The Balaban J connectivity index is 1.76. The van der Waals surface area contributed by atoms with Crippen LogP contribution in [0.5, 0.6) is 0 Å². The molecule has 1 unspecified atom stereocenters. The van der Waals surface area contributed by atoms with Gasteiger partial charge in [0.15, 0.2) is 0 Å². The van der Waals surface area contributed by atoms with Gasteiger partial charge in [-0.25, -0.2) is 4.79 Å². The number of benzene rings is 1. The largest absolute Gasteiger partial charge is 0.421 e. The number of rotatable bonds is 7. The van der Waals surface area contributed by atoms with Crippen LogP contribution in [0.3, 0.4) is 0 Å². The van der Waals surface area contributed by atoms with Crippen LogP contribution in [-0.4, -0.2) is 52.5 Å². The van der Waals surface area contributed by atoms with E-state index in [1.807, 2.05) is 30.3 Å². The van der Waals surface area contributed by atoms with Gasteiger partial charge in [-0.2, -0.15) is 0 Å². The molecule has 23 heavy (non-hydrogen) atoms. The van der Waals surface area contributed by atoms with Crippen molar-refractivity contribution in [3.05, 3.63) is 36.2 Å². The van der Waals surface area contributed by atoms with E-state index < -0.39 is 6.10 Å². The van der Waals surface area contributed by atoms with Gasteiger partial charge in [0.2, 0.25) is 11.8 Å². The van der Waals surface area contributed by atoms with Gasteiger partial charge in [-0.15, -0.1) is 10.2 Å². The summed E-state index contributed by atoms with van der Waals surface area (Å²) >= 11 is 0. The zero-order valence-electron chi connectivity index (χ0n) is 13.4. The van der Waals surface area contributed by atoms with Crippen LogP contribution in [0.1, 0.15) is 19.2 Å². The van der Waals surface area contributed by atoms with Crippen molar-refractivity contribution in [1.82, 2.24) is 20.4 Å². The van der Waals surface area contributed by atoms with Gasteiger partial charge in [0, 0.05) is 32.1 Å². The van der Waals surface area contributed by atoms with Crippen LogP contribution >= 0.6 is 0 Å². The van der Waals surface area contributed by atoms with Crippen molar-refractivity contribution in [3.8, 4) is 11.5 Å². The minimum absolute atomic E-state index is 0.187. The average Bonchev–Trinajstić information content (AvgIpc) is 3.02. The summed E-state index contributed by atoms with van der Waals surface area (Å²) in [5, 5.41) is 20.0. The SMILES string of the molecule is CC(O)CCN(C)C(=O)NCCc1nnc(-c2ccccc2)o1. The fraction of sp³-hybridized carbons (Fsp3) is 0.438. The number of nitrogens with one attached hydrogen (secondary N) is 1. The number of amides is 2. The van der Waals surface area contributed by atoms with E-state index in [1.165, 1.54) is 4.90 Å². The van der Waals surface area contributed by atoms with Gasteiger partial charge in [0.05, 0.1) is 6.10 Å². The smallest absolute Gasteiger partial charge is 0.317 e. The van der Waals surface area contributed by atoms with Gasteiger partial charge in [-0.1, -0.05) is 18.2 Å². The predicted octanol–water partition coefficient (Wildman–Crippen LogP) is 1.69. The number of hydrogen-bond acceptors (Lipinski definition) is 5. The maximum Gasteiger partial charge on any atom is 0.317 e. The summed E-state index contributed by atoms with van der Waals surface area (Å²) in [5.41, 5.74) is 0.869. The van der Waals surface area contributed by atoms with Crippen LogP contribution in [-0.2, 0) is 6.42 Å². The second-order valence-electron chi connectivity index (χ2n) is 5.41. The normalized spacial score (nSPS) is 12.0. The molecule has 0 radical (unpaired) electrons. The third kappa shape index (κ3) is 5.37. The van der Waals surface area contributed by atoms with Crippen LogP contribution < -0.4 is 5.32 Å². The lowest BCUT2D eigenvalue weighted by molar-refractivity contribution is 0.163. The monoisotopic (exact) mass is 318 g/mol. The van der Waals surface area contributed by atoms with Crippen molar-refractivity contribution in [3.63, 3.8) is 0 Å². The number of nitrogens with zero attached hydrogens (tertiary/aromatic N) is 3. The van der Waals surface area contributed by atoms with Gasteiger partial charge in [-0.05, 0) is 25.5 Å². The first-order valence-electron chi connectivity index (χ1n) is 7.61. The highest BCUT2D eigenvalue weighted by atomic mass is 16.4. The second-order valence-corrected chi connectivity index (χ2v) is 5.41. The lowest BCUT2D eigenvalue weighted by atomic mass is 10.2. The number of aromatic nitrogens is 2. The summed E-state index contributed by atoms with van der Waals surface area (Å²) < 4.78 is 5.57. The van der Waals surface area contributed by atoms with Crippen molar-refractivity contribution in [2.75, 3.05) is 20.1 Å². The van der Waals surface area contributed by atoms with Gasteiger partial charge in [-0.3, -0.25) is 0 Å². The lowest BCUT2D eigenvalue weighted by Gasteiger charge is -2.18. The molecule has 0 spiro atoms. The Kier molecular flexibility index (Phi) is 6.10. The zero-order chi connectivity index (χ0) is 16.7. The third-order valence-corrected chi connectivity index (χ3v) is 3.33. The Morgan fingerprint density at radius 2 is 2.09 bits per heavy atom. The Hall–Kier alpha value is -2.41. The van der Waals surface area contributed by atoms with Crippen molar-refractivity contribution >= 4 is 6.03 Å². The molecule has 2 N–H and O–H groups in total. The Bertz CT molecular complexity index is 613. The fourth-order valence-electron chi connectivity index (χ4n) is 1.95. The molecule has 7 nitrogen and oxygen atoms in total. The summed E-state index contributed by atoms with van der Waals surface area (Å²) in [7, 11) is 1.69. The minimum Gasteiger partial charge on any atom is -0.421 e. The molecule has 0 saturated carbocycles. The van der Waals surface area contributed by atoms with Crippen molar-refractivity contribution in [2.24, 2.45) is 0 Å². The second kappa shape index (κ2) is 8.28. The van der Waals surface area contributed by atoms with Gasteiger partial charge >= 0.3 is 6.03 Å².